The van der Waals surface area contributed by atoms with Gasteiger partial charge in [0.25, 0.3) is 0 Å². The van der Waals surface area contributed by atoms with Crippen molar-refractivity contribution >= 4 is 5.97 Å². The summed E-state index contributed by atoms with van der Waals surface area (Å²) in [6.07, 6.45) is 14.6. The molecule has 0 saturated heterocycles. The molecule has 6 bridgehead atoms. The molecule has 0 heterocycles. The molecule has 2 nitrogen and oxygen atoms in total. The second-order valence-corrected chi connectivity index (χ2v) is 11.0. The summed E-state index contributed by atoms with van der Waals surface area (Å²) in [5, 5.41) is 0. The number of alkyl halides is 1. The van der Waals surface area contributed by atoms with Gasteiger partial charge in [0.05, 0.1) is 6.61 Å². The van der Waals surface area contributed by atoms with Gasteiger partial charge in [-0.1, -0.05) is 31.7 Å². The van der Waals surface area contributed by atoms with Crippen molar-refractivity contribution in [3.05, 3.63) is 36.0 Å². The van der Waals surface area contributed by atoms with Crippen LogP contribution >= 0.6 is 0 Å². The smallest absolute Gasteiger partial charge is 0.347 e. The van der Waals surface area contributed by atoms with Crippen LogP contribution in [0.2, 0.25) is 0 Å². The van der Waals surface area contributed by atoms with Gasteiger partial charge < -0.3 is 4.74 Å². The molecular weight excluding hydrogens is 351 g/mol. The third kappa shape index (κ3) is 2.40. The highest BCUT2D eigenvalue weighted by Gasteiger charge is 2.71. The van der Waals surface area contributed by atoms with E-state index in [0.29, 0.717) is 23.9 Å². The van der Waals surface area contributed by atoms with E-state index >= 15 is 0 Å². The van der Waals surface area contributed by atoms with Crippen molar-refractivity contribution in [2.75, 3.05) is 6.61 Å². The molecule has 6 aliphatic rings. The quantitative estimate of drug-likeness (QED) is 0.442. The van der Waals surface area contributed by atoms with E-state index in [9.17, 15) is 9.18 Å². The van der Waals surface area contributed by atoms with Crippen LogP contribution < -0.4 is 0 Å². The molecule has 0 N–H and O–H groups in total. The van der Waals surface area contributed by atoms with Crippen molar-refractivity contribution in [2.45, 2.75) is 65.0 Å². The van der Waals surface area contributed by atoms with Crippen molar-refractivity contribution in [3.8, 4) is 0 Å². The third-order valence-electron chi connectivity index (χ3n) is 9.20. The number of carbonyl (C=O) groups excluding carboxylic acids is 1. The van der Waals surface area contributed by atoms with Gasteiger partial charge in [-0.2, -0.15) is 0 Å². The minimum absolute atomic E-state index is 0.0886. The molecule has 3 heteroatoms. The topological polar surface area (TPSA) is 26.3 Å². The first kappa shape index (κ1) is 18.6. The van der Waals surface area contributed by atoms with Crippen molar-refractivity contribution in [1.29, 1.82) is 0 Å². The summed E-state index contributed by atoms with van der Waals surface area (Å²) in [6.45, 7) is 9.13. The molecule has 28 heavy (non-hydrogen) atoms. The zero-order valence-corrected chi connectivity index (χ0v) is 17.5. The minimum Gasteiger partial charge on any atom is -0.462 e. The summed E-state index contributed by atoms with van der Waals surface area (Å²) in [5.74, 6) is 2.87. The normalized spacial score (nSPS) is 47.1. The summed E-state index contributed by atoms with van der Waals surface area (Å²) >= 11 is 0. The summed E-state index contributed by atoms with van der Waals surface area (Å²) in [7, 11) is 0. The molecular formula is C25H33FO2. The molecule has 6 rings (SSSR count). The molecule has 5 atom stereocenters. The van der Waals surface area contributed by atoms with E-state index in [-0.39, 0.29) is 11.0 Å². The van der Waals surface area contributed by atoms with Gasteiger partial charge in [-0.25, -0.2) is 9.18 Å². The van der Waals surface area contributed by atoms with Crippen LogP contribution in [-0.4, -0.2) is 18.2 Å². The standard InChI is InChI=1S/C25H33FO2/c1-15(2)23(4,26)22(27)28-14-25-11-17-9-24(19-7-5-16(3)6-8-19)10-18(12-25)21(17)20(25)13-24/h5,7-8,16-18,20-21H,1,6,9-14H2,2-4H3. The Labute approximate surface area is 168 Å². The Morgan fingerprint density at radius 2 is 1.96 bits per heavy atom. The predicted octanol–water partition coefficient (Wildman–Crippen LogP) is 5.80. The fraction of sp³-hybridized carbons (Fsp3) is 0.720. The number of halogens is 1. The largest absolute Gasteiger partial charge is 0.462 e. The fourth-order valence-electron chi connectivity index (χ4n) is 7.81. The SMILES string of the molecule is C=C(C)C(C)(F)C(=O)OCC12CC3CC4(C5=CCC(C)C=C5)CC(C1)C3C2C4. The van der Waals surface area contributed by atoms with Gasteiger partial charge in [0.2, 0.25) is 5.67 Å². The molecule has 0 aromatic rings. The van der Waals surface area contributed by atoms with E-state index in [2.05, 4.69) is 31.7 Å². The maximum atomic E-state index is 14.6. The Kier molecular flexibility index (Phi) is 3.88. The maximum Gasteiger partial charge on any atom is 0.347 e. The number of rotatable bonds is 5. The number of esters is 1. The first-order valence-corrected chi connectivity index (χ1v) is 11.1. The van der Waals surface area contributed by atoms with Gasteiger partial charge >= 0.3 is 5.97 Å². The lowest BCUT2D eigenvalue weighted by Gasteiger charge is -2.54. The lowest BCUT2D eigenvalue weighted by Crippen LogP contribution is -2.45. The zero-order valence-electron chi connectivity index (χ0n) is 17.5. The van der Waals surface area contributed by atoms with Crippen molar-refractivity contribution in [3.63, 3.8) is 0 Å². The molecule has 0 aromatic heterocycles. The van der Waals surface area contributed by atoms with Gasteiger partial charge in [0, 0.05) is 5.41 Å². The van der Waals surface area contributed by atoms with Crippen LogP contribution in [0.25, 0.3) is 0 Å². The van der Waals surface area contributed by atoms with Crippen LogP contribution in [0.1, 0.15) is 59.3 Å². The summed E-state index contributed by atoms with van der Waals surface area (Å²) < 4.78 is 20.3. The maximum absolute atomic E-state index is 14.6. The fourth-order valence-corrected chi connectivity index (χ4v) is 7.81. The van der Waals surface area contributed by atoms with Crippen LogP contribution in [0.5, 0.6) is 0 Å². The molecule has 5 unspecified atom stereocenters. The van der Waals surface area contributed by atoms with Gasteiger partial charge in [-0.15, -0.1) is 0 Å². The predicted molar refractivity (Wildman–Crippen MR) is 108 cm³/mol. The Morgan fingerprint density at radius 1 is 1.29 bits per heavy atom. The highest BCUT2D eigenvalue weighted by molar-refractivity contribution is 5.82. The van der Waals surface area contributed by atoms with Gasteiger partial charge in [0.15, 0.2) is 0 Å². The van der Waals surface area contributed by atoms with E-state index < -0.39 is 11.6 Å². The number of hydrogen-bond donors (Lipinski definition) is 0. The van der Waals surface area contributed by atoms with Crippen molar-refractivity contribution < 1.29 is 13.9 Å². The van der Waals surface area contributed by atoms with Crippen LogP contribution in [0, 0.1) is 40.4 Å². The van der Waals surface area contributed by atoms with Crippen LogP contribution in [0.3, 0.4) is 0 Å². The molecule has 5 fully saturated rings. The summed E-state index contributed by atoms with van der Waals surface area (Å²) in [5.41, 5.74) is 0.152. The van der Waals surface area contributed by atoms with E-state index in [1.165, 1.54) is 26.2 Å². The van der Waals surface area contributed by atoms with Gasteiger partial charge in [0.1, 0.15) is 0 Å². The number of allylic oxidation sites excluding steroid dienone is 4. The molecule has 0 amide bonds. The Hall–Kier alpha value is -1.38. The summed E-state index contributed by atoms with van der Waals surface area (Å²) in [6, 6.07) is 0. The molecule has 0 radical (unpaired) electrons. The van der Waals surface area contributed by atoms with Crippen molar-refractivity contribution in [1.82, 2.24) is 0 Å². The van der Waals surface area contributed by atoms with E-state index in [1.54, 1.807) is 12.5 Å². The second-order valence-electron chi connectivity index (χ2n) is 11.0. The van der Waals surface area contributed by atoms with Crippen LogP contribution in [-0.2, 0) is 9.53 Å². The number of hydrogen-bond acceptors (Lipinski definition) is 2. The van der Waals surface area contributed by atoms with Crippen LogP contribution in [0.4, 0.5) is 4.39 Å². The van der Waals surface area contributed by atoms with E-state index in [4.69, 9.17) is 4.74 Å². The number of ether oxygens (including phenoxy) is 1. The van der Waals surface area contributed by atoms with Crippen LogP contribution in [0.15, 0.2) is 36.0 Å². The summed E-state index contributed by atoms with van der Waals surface area (Å²) in [4.78, 5) is 12.4. The monoisotopic (exact) mass is 384 g/mol. The number of carbonyl (C=O) groups is 1. The molecule has 0 aliphatic heterocycles. The molecule has 5 saturated carbocycles. The first-order valence-electron chi connectivity index (χ1n) is 11.1. The van der Waals surface area contributed by atoms with Gasteiger partial charge in [-0.05, 0) is 98.5 Å². The third-order valence-corrected chi connectivity index (χ3v) is 9.20. The molecule has 6 aliphatic carbocycles. The first-order chi connectivity index (χ1) is 13.2. The Morgan fingerprint density at radius 3 is 2.54 bits per heavy atom. The van der Waals surface area contributed by atoms with Gasteiger partial charge in [-0.3, -0.25) is 0 Å². The lowest BCUT2D eigenvalue weighted by atomic mass is 9.50. The average molecular weight is 385 g/mol. The lowest BCUT2D eigenvalue weighted by molar-refractivity contribution is -0.158. The molecule has 0 aromatic carbocycles. The Balaban J connectivity index is 1.36. The second kappa shape index (κ2) is 5.83. The van der Waals surface area contributed by atoms with E-state index in [1.807, 2.05) is 0 Å². The van der Waals surface area contributed by atoms with Crippen molar-refractivity contribution in [2.24, 2.45) is 40.4 Å². The highest BCUT2D eigenvalue weighted by Crippen LogP contribution is 2.78. The Bertz CT molecular complexity index is 772. The molecule has 152 valence electrons. The average Bonchev–Trinajstić information content (AvgIpc) is 3.01. The zero-order chi connectivity index (χ0) is 19.9. The minimum atomic E-state index is -2.08. The molecule has 0 spiro atoms. The highest BCUT2D eigenvalue weighted by atomic mass is 19.1. The van der Waals surface area contributed by atoms with E-state index in [0.717, 1.165) is 37.0 Å².